The molecule has 0 radical (unpaired) electrons. The zero-order valence-electron chi connectivity index (χ0n) is 17.4. The Labute approximate surface area is 187 Å². The summed E-state index contributed by atoms with van der Waals surface area (Å²) in [6, 6.07) is -5.68. The standard InChI is InChI=1S/C17H29N5O9S/c1-32-5-4-10(17(30)31)21-16(29)11(7-23)22-15(28)9(2-3-13(25)26)20-14(27)8(18)6-12(19)24/h8-11,23H,2-7,18H2,1H3,(H2,19,24)(H,20,27)(H,21,29)(H,22,28)(H,25,26)(H,30,31). The highest BCUT2D eigenvalue weighted by Crippen LogP contribution is 2.03. The van der Waals surface area contributed by atoms with Gasteiger partial charge in [-0.2, -0.15) is 11.8 Å². The zero-order chi connectivity index (χ0) is 24.8. The molecule has 4 unspecified atom stereocenters. The van der Waals surface area contributed by atoms with E-state index < -0.39 is 79.2 Å². The van der Waals surface area contributed by atoms with Crippen molar-refractivity contribution in [1.82, 2.24) is 16.0 Å². The number of hydrogen-bond donors (Lipinski definition) is 8. The van der Waals surface area contributed by atoms with Crippen molar-refractivity contribution in [2.75, 3.05) is 18.6 Å². The predicted octanol–water partition coefficient (Wildman–Crippen LogP) is -3.66. The normalized spacial score (nSPS) is 14.3. The fourth-order valence-corrected chi connectivity index (χ4v) is 2.83. The molecule has 10 N–H and O–H groups in total. The largest absolute Gasteiger partial charge is 0.481 e. The highest BCUT2D eigenvalue weighted by molar-refractivity contribution is 7.98. The highest BCUT2D eigenvalue weighted by atomic mass is 32.2. The van der Waals surface area contributed by atoms with E-state index in [1.807, 2.05) is 0 Å². The molecule has 0 bridgehead atoms. The minimum atomic E-state index is -1.57. The maximum Gasteiger partial charge on any atom is 0.326 e. The third-order valence-electron chi connectivity index (χ3n) is 4.08. The number of rotatable bonds is 16. The lowest BCUT2D eigenvalue weighted by Crippen LogP contribution is -2.58. The van der Waals surface area contributed by atoms with E-state index >= 15 is 0 Å². The molecule has 0 heterocycles. The lowest BCUT2D eigenvalue weighted by molar-refractivity contribution is -0.142. The number of aliphatic carboxylic acids is 2. The van der Waals surface area contributed by atoms with Crippen LogP contribution < -0.4 is 27.4 Å². The van der Waals surface area contributed by atoms with Crippen molar-refractivity contribution in [3.8, 4) is 0 Å². The van der Waals surface area contributed by atoms with Crippen molar-refractivity contribution in [2.24, 2.45) is 11.5 Å². The van der Waals surface area contributed by atoms with Crippen LogP contribution in [0.15, 0.2) is 0 Å². The first-order valence-electron chi connectivity index (χ1n) is 9.42. The second kappa shape index (κ2) is 15.0. The Bertz CT molecular complexity index is 706. The second-order valence-electron chi connectivity index (χ2n) is 6.70. The number of amides is 4. The first-order chi connectivity index (χ1) is 14.9. The lowest BCUT2D eigenvalue weighted by Gasteiger charge is -2.24. The lowest BCUT2D eigenvalue weighted by atomic mass is 10.1. The maximum absolute atomic E-state index is 12.5. The Balaban J connectivity index is 5.27. The molecule has 0 aliphatic rings. The molecule has 15 heteroatoms. The third kappa shape index (κ3) is 11.5. The van der Waals surface area contributed by atoms with Gasteiger partial charge in [0.05, 0.1) is 19.1 Å². The fraction of sp³-hybridized carbons (Fsp3) is 0.647. The molecular formula is C17H29N5O9S. The molecule has 0 fully saturated rings. The van der Waals surface area contributed by atoms with Gasteiger partial charge >= 0.3 is 11.9 Å². The maximum atomic E-state index is 12.5. The van der Waals surface area contributed by atoms with Gasteiger partial charge in [0.25, 0.3) is 0 Å². The molecule has 0 saturated carbocycles. The van der Waals surface area contributed by atoms with E-state index in [9.17, 15) is 39.0 Å². The monoisotopic (exact) mass is 479 g/mol. The molecule has 0 rings (SSSR count). The second-order valence-corrected chi connectivity index (χ2v) is 7.68. The summed E-state index contributed by atoms with van der Waals surface area (Å²) in [5.41, 5.74) is 10.5. The number of nitrogens with one attached hydrogen (secondary N) is 3. The molecule has 0 aromatic carbocycles. The van der Waals surface area contributed by atoms with Gasteiger partial charge in [-0.3, -0.25) is 24.0 Å². The topological polar surface area (TPSA) is 251 Å². The van der Waals surface area contributed by atoms with Crippen molar-refractivity contribution >= 4 is 47.3 Å². The van der Waals surface area contributed by atoms with Crippen LogP contribution in [0.4, 0.5) is 0 Å². The Hall–Kier alpha value is -2.91. The van der Waals surface area contributed by atoms with Gasteiger partial charge in [0.15, 0.2) is 0 Å². The molecule has 32 heavy (non-hydrogen) atoms. The summed E-state index contributed by atoms with van der Waals surface area (Å²) in [6.07, 6.45) is 0.409. The number of thioether (sulfide) groups is 1. The summed E-state index contributed by atoms with van der Waals surface area (Å²) in [6.45, 7) is -0.896. The molecule has 0 aromatic heterocycles. The van der Waals surface area contributed by atoms with E-state index in [2.05, 4.69) is 16.0 Å². The van der Waals surface area contributed by atoms with Crippen molar-refractivity contribution in [3.63, 3.8) is 0 Å². The Morgan fingerprint density at radius 2 is 1.41 bits per heavy atom. The minimum absolute atomic E-state index is 0.101. The molecule has 0 spiro atoms. The van der Waals surface area contributed by atoms with Crippen LogP contribution in [0.1, 0.15) is 25.7 Å². The first-order valence-corrected chi connectivity index (χ1v) is 10.8. The Morgan fingerprint density at radius 1 is 0.875 bits per heavy atom. The summed E-state index contributed by atoms with van der Waals surface area (Å²) < 4.78 is 0. The van der Waals surface area contributed by atoms with Gasteiger partial charge in [-0.1, -0.05) is 0 Å². The first kappa shape index (κ1) is 29.1. The van der Waals surface area contributed by atoms with Gasteiger partial charge in [0, 0.05) is 6.42 Å². The predicted molar refractivity (Wildman–Crippen MR) is 112 cm³/mol. The molecule has 0 aliphatic heterocycles. The third-order valence-corrected chi connectivity index (χ3v) is 4.72. The summed E-state index contributed by atoms with van der Waals surface area (Å²) in [5.74, 6) is -5.96. The number of aliphatic hydroxyl groups excluding tert-OH is 1. The van der Waals surface area contributed by atoms with Gasteiger partial charge < -0.3 is 42.7 Å². The highest BCUT2D eigenvalue weighted by Gasteiger charge is 2.30. The summed E-state index contributed by atoms with van der Waals surface area (Å²) >= 11 is 1.36. The molecule has 0 aliphatic carbocycles. The average Bonchev–Trinajstić information content (AvgIpc) is 2.70. The van der Waals surface area contributed by atoms with Gasteiger partial charge in [-0.25, -0.2) is 4.79 Å². The molecule has 4 atom stereocenters. The zero-order valence-corrected chi connectivity index (χ0v) is 18.2. The van der Waals surface area contributed by atoms with Gasteiger partial charge in [-0.15, -0.1) is 0 Å². The Morgan fingerprint density at radius 3 is 1.88 bits per heavy atom. The minimum Gasteiger partial charge on any atom is -0.481 e. The Kier molecular flexibility index (Phi) is 13.6. The van der Waals surface area contributed by atoms with E-state index in [-0.39, 0.29) is 12.8 Å². The summed E-state index contributed by atoms with van der Waals surface area (Å²) in [7, 11) is 0. The SMILES string of the molecule is CSCCC(NC(=O)C(CO)NC(=O)C(CCC(=O)O)NC(=O)C(N)CC(N)=O)C(=O)O. The number of primary amides is 1. The van der Waals surface area contributed by atoms with Crippen molar-refractivity contribution in [2.45, 2.75) is 49.9 Å². The van der Waals surface area contributed by atoms with Crippen molar-refractivity contribution in [1.29, 1.82) is 0 Å². The van der Waals surface area contributed by atoms with E-state index in [1.54, 1.807) is 6.26 Å². The van der Waals surface area contributed by atoms with Crippen LogP contribution in [0, 0.1) is 0 Å². The van der Waals surface area contributed by atoms with E-state index in [4.69, 9.17) is 16.6 Å². The van der Waals surface area contributed by atoms with Gasteiger partial charge in [0.2, 0.25) is 23.6 Å². The van der Waals surface area contributed by atoms with E-state index in [0.717, 1.165) is 0 Å². The van der Waals surface area contributed by atoms with Crippen molar-refractivity contribution in [3.05, 3.63) is 0 Å². The molecule has 4 amide bonds. The van der Waals surface area contributed by atoms with E-state index in [1.165, 1.54) is 11.8 Å². The number of hydrogen-bond acceptors (Lipinski definition) is 9. The van der Waals surface area contributed by atoms with Gasteiger partial charge in [0.1, 0.15) is 18.1 Å². The number of nitrogens with two attached hydrogens (primary N) is 2. The van der Waals surface area contributed by atoms with Crippen molar-refractivity contribution < 1.29 is 44.1 Å². The van der Waals surface area contributed by atoms with Crippen LogP contribution in [0.2, 0.25) is 0 Å². The van der Waals surface area contributed by atoms with E-state index in [0.29, 0.717) is 5.75 Å². The summed E-state index contributed by atoms with van der Waals surface area (Å²) in [4.78, 5) is 70.0. The molecule has 0 aromatic rings. The van der Waals surface area contributed by atoms with Crippen LogP contribution in [-0.2, 0) is 28.8 Å². The van der Waals surface area contributed by atoms with Crippen LogP contribution in [0.25, 0.3) is 0 Å². The quantitative estimate of drug-likeness (QED) is 0.107. The summed E-state index contributed by atoms with van der Waals surface area (Å²) in [5, 5.41) is 34.0. The number of carboxylic acid groups (broad SMARTS) is 2. The van der Waals surface area contributed by atoms with Crippen LogP contribution in [0.5, 0.6) is 0 Å². The molecular weight excluding hydrogens is 450 g/mol. The van der Waals surface area contributed by atoms with Crippen LogP contribution in [-0.4, -0.2) is 93.7 Å². The van der Waals surface area contributed by atoms with Crippen LogP contribution >= 0.6 is 11.8 Å². The van der Waals surface area contributed by atoms with Gasteiger partial charge in [-0.05, 0) is 24.9 Å². The molecule has 0 saturated heterocycles. The number of aliphatic hydroxyl groups is 1. The number of carbonyl (C=O) groups excluding carboxylic acids is 4. The molecule has 14 nitrogen and oxygen atoms in total. The van der Waals surface area contributed by atoms with Crippen LogP contribution in [0.3, 0.4) is 0 Å². The molecule has 182 valence electrons. The average molecular weight is 480 g/mol. The smallest absolute Gasteiger partial charge is 0.326 e. The number of carbonyl (C=O) groups is 6. The fourth-order valence-electron chi connectivity index (χ4n) is 2.36. The number of carboxylic acids is 2.